The van der Waals surface area contributed by atoms with Gasteiger partial charge in [-0.2, -0.15) is 0 Å². The molecular formula is C22H33N5O2S. The monoisotopic (exact) mass is 431 g/mol. The summed E-state index contributed by atoms with van der Waals surface area (Å²) in [4.78, 5) is 21.5. The molecule has 1 aliphatic heterocycles. The van der Waals surface area contributed by atoms with Crippen LogP contribution in [-0.4, -0.2) is 67.3 Å². The predicted octanol–water partition coefficient (Wildman–Crippen LogP) is 3.57. The molecule has 0 aliphatic carbocycles. The maximum atomic E-state index is 12.4. The summed E-state index contributed by atoms with van der Waals surface area (Å²) in [5, 5.41) is 8.78. The van der Waals surface area contributed by atoms with Crippen molar-refractivity contribution in [1.29, 1.82) is 0 Å². The number of ether oxygens (including phenoxy) is 1. The molecule has 8 heteroatoms. The zero-order chi connectivity index (χ0) is 21.5. The lowest BCUT2D eigenvalue weighted by Crippen LogP contribution is -2.42. The number of benzene rings is 1. The molecule has 2 heterocycles. The van der Waals surface area contributed by atoms with Gasteiger partial charge in [0.15, 0.2) is 5.13 Å². The van der Waals surface area contributed by atoms with Gasteiger partial charge in [0.1, 0.15) is 5.69 Å². The van der Waals surface area contributed by atoms with Gasteiger partial charge < -0.3 is 20.3 Å². The molecule has 1 fully saturated rings. The molecule has 3 rings (SSSR count). The van der Waals surface area contributed by atoms with Crippen LogP contribution >= 0.6 is 11.3 Å². The second-order valence-corrected chi connectivity index (χ2v) is 8.85. The van der Waals surface area contributed by atoms with Crippen LogP contribution in [0.5, 0.6) is 0 Å². The van der Waals surface area contributed by atoms with Crippen molar-refractivity contribution in [3.63, 3.8) is 0 Å². The molecule has 0 radical (unpaired) electrons. The van der Waals surface area contributed by atoms with Crippen molar-refractivity contribution in [2.75, 3.05) is 49.6 Å². The third-order valence-corrected chi connectivity index (χ3v) is 5.97. The Morgan fingerprint density at radius 3 is 2.47 bits per heavy atom. The van der Waals surface area contributed by atoms with Crippen molar-refractivity contribution in [1.82, 2.24) is 15.2 Å². The number of thiazole rings is 1. The molecule has 30 heavy (non-hydrogen) atoms. The first-order valence-corrected chi connectivity index (χ1v) is 11.5. The highest BCUT2D eigenvalue weighted by molar-refractivity contribution is 7.14. The molecular weight excluding hydrogens is 398 g/mol. The number of carbonyl (C=O) groups is 1. The van der Waals surface area contributed by atoms with Gasteiger partial charge in [-0.3, -0.25) is 9.69 Å². The van der Waals surface area contributed by atoms with Gasteiger partial charge >= 0.3 is 0 Å². The molecule has 2 aromatic rings. The average Bonchev–Trinajstić information content (AvgIpc) is 3.20. The minimum atomic E-state index is -0.130. The first kappa shape index (κ1) is 22.5. The Morgan fingerprint density at radius 2 is 1.83 bits per heavy atom. The highest BCUT2D eigenvalue weighted by atomic mass is 32.1. The van der Waals surface area contributed by atoms with E-state index in [9.17, 15) is 4.79 Å². The number of nitrogens with zero attached hydrogens (tertiary/aromatic N) is 3. The molecule has 0 unspecified atom stereocenters. The summed E-state index contributed by atoms with van der Waals surface area (Å²) in [5.41, 5.74) is 2.60. The second-order valence-electron chi connectivity index (χ2n) is 7.99. The van der Waals surface area contributed by atoms with Gasteiger partial charge in [0, 0.05) is 55.0 Å². The molecule has 2 N–H and O–H groups in total. The van der Waals surface area contributed by atoms with Crippen molar-refractivity contribution in [3.05, 3.63) is 35.3 Å². The Hall–Kier alpha value is -2.16. The van der Waals surface area contributed by atoms with Gasteiger partial charge in [-0.1, -0.05) is 0 Å². The Labute approximate surface area is 183 Å². The largest absolute Gasteiger partial charge is 0.378 e. The molecule has 164 valence electrons. The quantitative estimate of drug-likeness (QED) is 0.633. The number of hydrogen-bond donors (Lipinski definition) is 2. The number of morpholine rings is 1. The fourth-order valence-electron chi connectivity index (χ4n) is 3.64. The van der Waals surface area contributed by atoms with Crippen LogP contribution in [-0.2, 0) is 4.74 Å². The van der Waals surface area contributed by atoms with Crippen LogP contribution < -0.4 is 15.5 Å². The van der Waals surface area contributed by atoms with Crippen molar-refractivity contribution in [2.24, 2.45) is 0 Å². The van der Waals surface area contributed by atoms with Crippen molar-refractivity contribution in [2.45, 2.75) is 39.8 Å². The van der Waals surface area contributed by atoms with E-state index in [0.29, 0.717) is 29.5 Å². The van der Waals surface area contributed by atoms with Gasteiger partial charge in [-0.25, -0.2) is 4.98 Å². The van der Waals surface area contributed by atoms with E-state index in [4.69, 9.17) is 4.74 Å². The number of rotatable bonds is 9. The van der Waals surface area contributed by atoms with E-state index >= 15 is 0 Å². The van der Waals surface area contributed by atoms with Gasteiger partial charge in [0.2, 0.25) is 0 Å². The summed E-state index contributed by atoms with van der Waals surface area (Å²) in [7, 11) is 0. The summed E-state index contributed by atoms with van der Waals surface area (Å²) in [6.45, 7) is 13.5. The molecule has 1 aromatic heterocycles. The number of aromatic nitrogens is 1. The van der Waals surface area contributed by atoms with E-state index in [1.54, 1.807) is 5.38 Å². The fourth-order valence-corrected chi connectivity index (χ4v) is 4.35. The Balaban J connectivity index is 1.50. The maximum absolute atomic E-state index is 12.4. The van der Waals surface area contributed by atoms with Crippen LogP contribution in [0.25, 0.3) is 0 Å². The van der Waals surface area contributed by atoms with Crippen molar-refractivity contribution in [3.8, 4) is 0 Å². The van der Waals surface area contributed by atoms with E-state index in [0.717, 1.165) is 38.5 Å². The first-order chi connectivity index (χ1) is 14.4. The van der Waals surface area contributed by atoms with Crippen LogP contribution in [0.4, 0.5) is 16.5 Å². The lowest BCUT2D eigenvalue weighted by Gasteiger charge is -2.30. The van der Waals surface area contributed by atoms with E-state index in [1.165, 1.54) is 17.0 Å². The van der Waals surface area contributed by atoms with Gasteiger partial charge in [0.25, 0.3) is 5.91 Å². The standard InChI is InChI=1S/C22H33N5O2S/c1-16(2)27(17(3)4)10-9-23-21(28)20-15-30-22(25-20)24-18-5-7-19(8-6-18)26-11-13-29-14-12-26/h5-8,15-17H,9-14H2,1-4H3,(H,23,28)(H,24,25). The normalized spacial score (nSPS) is 14.6. The molecule has 1 amide bonds. The van der Waals surface area contributed by atoms with Gasteiger partial charge in [-0.15, -0.1) is 11.3 Å². The lowest BCUT2D eigenvalue weighted by molar-refractivity contribution is 0.0935. The molecule has 7 nitrogen and oxygen atoms in total. The average molecular weight is 432 g/mol. The molecule has 1 saturated heterocycles. The molecule has 0 atom stereocenters. The van der Waals surface area contributed by atoms with Crippen LogP contribution in [0, 0.1) is 0 Å². The first-order valence-electron chi connectivity index (χ1n) is 10.6. The number of hydrogen-bond acceptors (Lipinski definition) is 7. The van der Waals surface area contributed by atoms with E-state index in [2.05, 4.69) is 65.2 Å². The number of amides is 1. The number of carbonyl (C=O) groups excluding carboxylic acids is 1. The minimum absolute atomic E-state index is 0.130. The molecule has 0 spiro atoms. The maximum Gasteiger partial charge on any atom is 0.270 e. The number of nitrogens with one attached hydrogen (secondary N) is 2. The SMILES string of the molecule is CC(C)N(CCNC(=O)c1csc(Nc2ccc(N3CCOCC3)cc2)n1)C(C)C. The van der Waals surface area contributed by atoms with Crippen LogP contribution in [0.3, 0.4) is 0 Å². The van der Waals surface area contributed by atoms with E-state index in [-0.39, 0.29) is 5.91 Å². The molecule has 1 aromatic carbocycles. The van der Waals surface area contributed by atoms with E-state index in [1.807, 2.05) is 12.1 Å². The minimum Gasteiger partial charge on any atom is -0.378 e. The third kappa shape index (κ3) is 6.17. The fraction of sp³-hybridized carbons (Fsp3) is 0.545. The summed E-state index contributed by atoms with van der Waals surface area (Å²) in [6.07, 6.45) is 0. The van der Waals surface area contributed by atoms with Crippen molar-refractivity contribution >= 4 is 33.8 Å². The third-order valence-electron chi connectivity index (χ3n) is 5.21. The molecule has 1 aliphatic rings. The van der Waals surface area contributed by atoms with Crippen LogP contribution in [0.15, 0.2) is 29.6 Å². The topological polar surface area (TPSA) is 69.7 Å². The molecule has 0 saturated carbocycles. The Morgan fingerprint density at radius 1 is 1.17 bits per heavy atom. The van der Waals surface area contributed by atoms with Crippen LogP contribution in [0.2, 0.25) is 0 Å². The van der Waals surface area contributed by atoms with Crippen LogP contribution in [0.1, 0.15) is 38.2 Å². The summed E-state index contributed by atoms with van der Waals surface area (Å²) < 4.78 is 5.41. The Bertz CT molecular complexity index is 792. The van der Waals surface area contributed by atoms with E-state index < -0.39 is 0 Å². The van der Waals surface area contributed by atoms with Gasteiger partial charge in [0.05, 0.1) is 13.2 Å². The summed E-state index contributed by atoms with van der Waals surface area (Å²) in [6, 6.07) is 9.18. The highest BCUT2D eigenvalue weighted by Crippen LogP contribution is 2.24. The predicted molar refractivity (Wildman–Crippen MR) is 124 cm³/mol. The lowest BCUT2D eigenvalue weighted by atomic mass is 10.2. The van der Waals surface area contributed by atoms with Crippen molar-refractivity contribution < 1.29 is 9.53 Å². The summed E-state index contributed by atoms with van der Waals surface area (Å²) >= 11 is 1.43. The Kier molecular flexibility index (Phi) is 8.07. The number of anilines is 3. The second kappa shape index (κ2) is 10.7. The molecule has 0 bridgehead atoms. The zero-order valence-corrected chi connectivity index (χ0v) is 19.2. The summed E-state index contributed by atoms with van der Waals surface area (Å²) in [5.74, 6) is -0.130. The highest BCUT2D eigenvalue weighted by Gasteiger charge is 2.15. The van der Waals surface area contributed by atoms with Gasteiger partial charge in [-0.05, 0) is 52.0 Å². The zero-order valence-electron chi connectivity index (χ0n) is 18.4. The smallest absolute Gasteiger partial charge is 0.270 e.